The van der Waals surface area contributed by atoms with E-state index in [2.05, 4.69) is 29.5 Å². The normalized spacial score (nSPS) is 17.4. The summed E-state index contributed by atoms with van der Waals surface area (Å²) in [6, 6.07) is 9.68. The van der Waals surface area contributed by atoms with Crippen molar-refractivity contribution in [3.8, 4) is 0 Å². The second-order valence-electron chi connectivity index (χ2n) is 5.05. The van der Waals surface area contributed by atoms with Crippen LogP contribution >= 0.6 is 11.3 Å². The van der Waals surface area contributed by atoms with E-state index in [1.165, 1.54) is 4.88 Å². The van der Waals surface area contributed by atoms with Crippen molar-refractivity contribution in [2.45, 2.75) is 12.6 Å². The molecule has 0 saturated heterocycles. The maximum Gasteiger partial charge on any atom is 0.248 e. The van der Waals surface area contributed by atoms with E-state index in [0.29, 0.717) is 0 Å². The van der Waals surface area contributed by atoms with Gasteiger partial charge in [0.15, 0.2) is 0 Å². The van der Waals surface area contributed by atoms with Crippen LogP contribution < -0.4 is 15.5 Å². The Morgan fingerprint density at radius 1 is 1.40 bits per heavy atom. The van der Waals surface area contributed by atoms with E-state index < -0.39 is 6.04 Å². The first-order valence-electron chi connectivity index (χ1n) is 6.48. The van der Waals surface area contributed by atoms with Gasteiger partial charge < -0.3 is 15.5 Å². The van der Waals surface area contributed by atoms with Gasteiger partial charge in [0.1, 0.15) is 6.04 Å². The zero-order valence-corrected chi connectivity index (χ0v) is 12.4. The summed E-state index contributed by atoms with van der Waals surface area (Å²) in [5.74, 6) is -0.0435. The molecule has 0 bridgehead atoms. The Morgan fingerprint density at radius 3 is 2.90 bits per heavy atom. The largest absolute Gasteiger partial charge is 0.369 e. The topological polar surface area (TPSA) is 49.6 Å². The van der Waals surface area contributed by atoms with Gasteiger partial charge in [-0.2, -0.15) is 0 Å². The van der Waals surface area contributed by atoms with Crippen molar-refractivity contribution in [2.75, 3.05) is 23.9 Å². The Balaban J connectivity index is 1.88. The summed E-state index contributed by atoms with van der Waals surface area (Å²) < 4.78 is 0. The second kappa shape index (κ2) is 4.92. The first-order valence-corrected chi connectivity index (χ1v) is 7.36. The Morgan fingerprint density at radius 2 is 2.20 bits per heavy atom. The van der Waals surface area contributed by atoms with Gasteiger partial charge in [0.2, 0.25) is 5.91 Å². The molecule has 0 spiro atoms. The number of rotatable bonds is 3. The van der Waals surface area contributed by atoms with E-state index in [1.807, 2.05) is 18.2 Å². The molecule has 0 saturated carbocycles. The van der Waals surface area contributed by atoms with Crippen molar-refractivity contribution < 1.29 is 4.79 Å². The molecule has 1 aliphatic heterocycles. The number of hydrogen-bond donors (Lipinski definition) is 1. The average molecular weight is 287 g/mol. The van der Waals surface area contributed by atoms with E-state index >= 15 is 0 Å². The van der Waals surface area contributed by atoms with Crippen LogP contribution in [0.2, 0.25) is 0 Å². The number of fused-ring (bicyclic) bond motifs is 1. The highest BCUT2D eigenvalue weighted by Gasteiger charge is 2.32. The molecule has 1 aliphatic rings. The van der Waals surface area contributed by atoms with Gasteiger partial charge in [-0.1, -0.05) is 12.1 Å². The van der Waals surface area contributed by atoms with Crippen molar-refractivity contribution >= 4 is 28.6 Å². The summed E-state index contributed by atoms with van der Waals surface area (Å²) in [6.45, 7) is 0.861. The molecule has 1 aromatic carbocycles. The fourth-order valence-corrected chi connectivity index (χ4v) is 3.27. The molecule has 0 aliphatic carbocycles. The standard InChI is InChI=1S/C15H17N3OS/c1-17(9-11-4-3-7-20-11)10-5-6-12-13(8-10)18(2)15(19)14(12)16/h3-8,14H,9,16H2,1-2H3. The lowest BCUT2D eigenvalue weighted by atomic mass is 10.1. The third-order valence-electron chi connectivity index (χ3n) is 3.72. The van der Waals surface area contributed by atoms with E-state index in [9.17, 15) is 4.79 Å². The average Bonchev–Trinajstić information content (AvgIpc) is 3.03. The van der Waals surface area contributed by atoms with Crippen molar-refractivity contribution in [1.82, 2.24) is 0 Å². The Labute approximate surface area is 122 Å². The third-order valence-corrected chi connectivity index (χ3v) is 4.58. The second-order valence-corrected chi connectivity index (χ2v) is 6.09. The fourth-order valence-electron chi connectivity index (χ4n) is 2.51. The predicted molar refractivity (Wildman–Crippen MR) is 83.2 cm³/mol. The van der Waals surface area contributed by atoms with Crippen LogP contribution in [0.15, 0.2) is 35.7 Å². The van der Waals surface area contributed by atoms with E-state index in [0.717, 1.165) is 23.5 Å². The molecule has 0 fully saturated rings. The van der Waals surface area contributed by atoms with Gasteiger partial charge in [-0.15, -0.1) is 11.3 Å². The number of benzene rings is 1. The molecule has 20 heavy (non-hydrogen) atoms. The quantitative estimate of drug-likeness (QED) is 0.943. The van der Waals surface area contributed by atoms with E-state index in [4.69, 9.17) is 5.73 Å². The number of nitrogens with two attached hydrogens (primary N) is 1. The zero-order valence-electron chi connectivity index (χ0n) is 11.5. The van der Waals surface area contributed by atoms with Crippen LogP contribution in [-0.4, -0.2) is 20.0 Å². The molecule has 4 nitrogen and oxygen atoms in total. The molecule has 104 valence electrons. The molecule has 2 aromatic rings. The molecule has 1 aromatic heterocycles. The molecule has 2 N–H and O–H groups in total. The van der Waals surface area contributed by atoms with E-state index in [1.54, 1.807) is 23.3 Å². The van der Waals surface area contributed by atoms with E-state index in [-0.39, 0.29) is 5.91 Å². The summed E-state index contributed by atoms with van der Waals surface area (Å²) in [5, 5.41) is 2.08. The number of carbonyl (C=O) groups excluding carboxylic acids is 1. The molecule has 1 amide bonds. The minimum absolute atomic E-state index is 0.0435. The van der Waals surface area contributed by atoms with Crippen LogP contribution in [0.3, 0.4) is 0 Å². The van der Waals surface area contributed by atoms with Crippen LogP contribution in [0.5, 0.6) is 0 Å². The minimum atomic E-state index is -0.522. The summed E-state index contributed by atoms with van der Waals surface area (Å²) in [4.78, 5) is 17.0. The van der Waals surface area contributed by atoms with Gasteiger partial charge >= 0.3 is 0 Å². The summed E-state index contributed by atoms with van der Waals surface area (Å²) >= 11 is 1.75. The highest BCUT2D eigenvalue weighted by Crippen LogP contribution is 2.36. The maximum absolute atomic E-state index is 11.9. The van der Waals surface area contributed by atoms with Crippen molar-refractivity contribution in [3.05, 3.63) is 46.2 Å². The Kier molecular flexibility index (Phi) is 3.23. The lowest BCUT2D eigenvalue weighted by Crippen LogP contribution is -2.27. The molecular formula is C15H17N3OS. The Bertz CT molecular complexity index is 639. The highest BCUT2D eigenvalue weighted by molar-refractivity contribution is 7.09. The number of likely N-dealkylation sites (N-methyl/N-ethyl adjacent to an activating group) is 1. The monoisotopic (exact) mass is 287 g/mol. The van der Waals surface area contributed by atoms with Gasteiger partial charge in [0.05, 0.1) is 12.2 Å². The third kappa shape index (κ3) is 2.09. The van der Waals surface area contributed by atoms with Crippen molar-refractivity contribution in [3.63, 3.8) is 0 Å². The number of thiophene rings is 1. The van der Waals surface area contributed by atoms with Gasteiger partial charge in [-0.05, 0) is 23.6 Å². The predicted octanol–water partition coefficient (Wildman–Crippen LogP) is 2.36. The molecular weight excluding hydrogens is 270 g/mol. The summed E-state index contributed by atoms with van der Waals surface area (Å²) in [5.41, 5.74) is 8.82. The molecule has 1 atom stereocenters. The molecule has 5 heteroatoms. The van der Waals surface area contributed by atoms with Crippen LogP contribution in [0, 0.1) is 0 Å². The maximum atomic E-state index is 11.9. The smallest absolute Gasteiger partial charge is 0.248 e. The Hall–Kier alpha value is -1.85. The molecule has 1 unspecified atom stereocenters. The minimum Gasteiger partial charge on any atom is -0.369 e. The fraction of sp³-hybridized carbons (Fsp3) is 0.267. The highest BCUT2D eigenvalue weighted by atomic mass is 32.1. The van der Waals surface area contributed by atoms with Gasteiger partial charge in [0, 0.05) is 30.2 Å². The first-order chi connectivity index (χ1) is 9.58. The van der Waals surface area contributed by atoms with Crippen LogP contribution in [0.1, 0.15) is 16.5 Å². The van der Waals surface area contributed by atoms with Gasteiger partial charge in [-0.3, -0.25) is 4.79 Å². The van der Waals surface area contributed by atoms with Crippen LogP contribution in [0.4, 0.5) is 11.4 Å². The SMILES string of the molecule is CN(Cc1cccs1)c1ccc2c(c1)N(C)C(=O)C2N. The number of nitrogens with zero attached hydrogens (tertiary/aromatic N) is 2. The molecule has 2 heterocycles. The zero-order chi connectivity index (χ0) is 14.3. The lowest BCUT2D eigenvalue weighted by Gasteiger charge is -2.20. The first kappa shape index (κ1) is 13.1. The van der Waals surface area contributed by atoms with Crippen molar-refractivity contribution in [2.24, 2.45) is 5.73 Å². The lowest BCUT2D eigenvalue weighted by molar-refractivity contribution is -0.118. The molecule has 3 rings (SSSR count). The van der Waals surface area contributed by atoms with Crippen molar-refractivity contribution in [1.29, 1.82) is 0 Å². The van der Waals surface area contributed by atoms with Crippen LogP contribution in [0.25, 0.3) is 0 Å². The summed E-state index contributed by atoms with van der Waals surface area (Å²) in [7, 11) is 3.83. The van der Waals surface area contributed by atoms with Gasteiger partial charge in [0.25, 0.3) is 0 Å². The number of carbonyl (C=O) groups is 1. The number of hydrogen-bond acceptors (Lipinski definition) is 4. The number of amides is 1. The summed E-state index contributed by atoms with van der Waals surface area (Å²) in [6.07, 6.45) is 0. The molecule has 0 radical (unpaired) electrons. The number of anilines is 2. The van der Waals surface area contributed by atoms with Gasteiger partial charge in [-0.25, -0.2) is 0 Å². The van der Waals surface area contributed by atoms with Crippen LogP contribution in [-0.2, 0) is 11.3 Å².